The average Bonchev–Trinajstić information content (AvgIpc) is 2.99. The molecule has 3 heterocycles. The van der Waals surface area contributed by atoms with Crippen LogP contribution < -0.4 is 5.32 Å². The third-order valence-electron chi connectivity index (χ3n) is 4.63. The van der Waals surface area contributed by atoms with Crippen LogP contribution in [0.4, 0.5) is 0 Å². The highest BCUT2D eigenvalue weighted by Gasteiger charge is 2.47. The summed E-state index contributed by atoms with van der Waals surface area (Å²) in [5, 5.41) is 7.74. The van der Waals surface area contributed by atoms with Crippen LogP contribution in [0.5, 0.6) is 0 Å². The summed E-state index contributed by atoms with van der Waals surface area (Å²) < 4.78 is 7.80. The fourth-order valence-electron chi connectivity index (χ4n) is 3.81. The van der Waals surface area contributed by atoms with Crippen LogP contribution in [0, 0.1) is 0 Å². The van der Waals surface area contributed by atoms with Crippen LogP contribution in [0.1, 0.15) is 33.6 Å². The van der Waals surface area contributed by atoms with Crippen molar-refractivity contribution in [3.63, 3.8) is 0 Å². The van der Waals surface area contributed by atoms with Gasteiger partial charge in [0, 0.05) is 25.5 Å². The van der Waals surface area contributed by atoms with Crippen LogP contribution in [0.15, 0.2) is 18.5 Å². The maximum Gasteiger partial charge on any atom is 0.250 e. The van der Waals surface area contributed by atoms with E-state index in [1.807, 2.05) is 42.6 Å². The molecule has 122 valence electrons. The fourth-order valence-corrected chi connectivity index (χ4v) is 3.81. The van der Waals surface area contributed by atoms with Gasteiger partial charge in [0.25, 0.3) is 5.91 Å². The SMILES string of the molecule is CC1CN(C(=O)C2(n3cccn3)CCNCC2)CC(C)(C)O1. The molecule has 3 rings (SSSR count). The van der Waals surface area contributed by atoms with Crippen molar-refractivity contribution in [3.05, 3.63) is 18.5 Å². The number of carbonyl (C=O) groups is 1. The Hall–Kier alpha value is -1.40. The molecule has 6 nitrogen and oxygen atoms in total. The van der Waals surface area contributed by atoms with Crippen molar-refractivity contribution in [2.24, 2.45) is 0 Å². The Bertz CT molecular complexity index is 520. The lowest BCUT2D eigenvalue weighted by Crippen LogP contribution is -2.61. The van der Waals surface area contributed by atoms with Crippen LogP contribution >= 0.6 is 0 Å². The smallest absolute Gasteiger partial charge is 0.250 e. The zero-order valence-corrected chi connectivity index (χ0v) is 13.7. The van der Waals surface area contributed by atoms with Gasteiger partial charge in [0.05, 0.1) is 11.7 Å². The van der Waals surface area contributed by atoms with E-state index >= 15 is 0 Å². The third kappa shape index (κ3) is 2.77. The number of hydrogen-bond acceptors (Lipinski definition) is 4. The van der Waals surface area contributed by atoms with Crippen molar-refractivity contribution in [3.8, 4) is 0 Å². The number of nitrogens with zero attached hydrogens (tertiary/aromatic N) is 3. The Kier molecular flexibility index (Phi) is 3.99. The van der Waals surface area contributed by atoms with E-state index in [9.17, 15) is 4.79 Å². The minimum absolute atomic E-state index is 0.0593. The summed E-state index contributed by atoms with van der Waals surface area (Å²) in [6.07, 6.45) is 5.28. The first-order valence-corrected chi connectivity index (χ1v) is 8.11. The molecule has 0 spiro atoms. The minimum Gasteiger partial charge on any atom is -0.369 e. The zero-order chi connectivity index (χ0) is 15.8. The van der Waals surface area contributed by atoms with Crippen molar-refractivity contribution in [1.29, 1.82) is 0 Å². The summed E-state index contributed by atoms with van der Waals surface area (Å²) in [4.78, 5) is 15.4. The lowest BCUT2D eigenvalue weighted by atomic mass is 9.86. The van der Waals surface area contributed by atoms with E-state index in [0.717, 1.165) is 25.9 Å². The van der Waals surface area contributed by atoms with Crippen molar-refractivity contribution in [2.45, 2.75) is 50.9 Å². The van der Waals surface area contributed by atoms with Gasteiger partial charge in [-0.15, -0.1) is 0 Å². The van der Waals surface area contributed by atoms with Gasteiger partial charge in [-0.3, -0.25) is 9.48 Å². The second kappa shape index (κ2) is 5.66. The topological polar surface area (TPSA) is 59.4 Å². The number of rotatable bonds is 2. The number of nitrogens with one attached hydrogen (secondary N) is 1. The molecule has 0 aromatic carbocycles. The maximum absolute atomic E-state index is 13.4. The van der Waals surface area contributed by atoms with Gasteiger partial charge < -0.3 is 15.0 Å². The molecule has 2 fully saturated rings. The number of amides is 1. The number of hydrogen-bond donors (Lipinski definition) is 1. The average molecular weight is 306 g/mol. The van der Waals surface area contributed by atoms with E-state index < -0.39 is 5.54 Å². The van der Waals surface area contributed by atoms with Gasteiger partial charge in [0.15, 0.2) is 0 Å². The highest BCUT2D eigenvalue weighted by Crippen LogP contribution is 2.32. The van der Waals surface area contributed by atoms with Gasteiger partial charge in [-0.2, -0.15) is 5.10 Å². The third-order valence-corrected chi connectivity index (χ3v) is 4.63. The summed E-state index contributed by atoms with van der Waals surface area (Å²) in [7, 11) is 0. The highest BCUT2D eigenvalue weighted by molar-refractivity contribution is 5.85. The van der Waals surface area contributed by atoms with Crippen LogP contribution in [0.3, 0.4) is 0 Å². The number of ether oxygens (including phenoxy) is 1. The van der Waals surface area contributed by atoms with Crippen molar-refractivity contribution >= 4 is 5.91 Å². The van der Waals surface area contributed by atoms with Crippen molar-refractivity contribution in [1.82, 2.24) is 20.0 Å². The number of aromatic nitrogens is 2. The minimum atomic E-state index is -0.554. The molecule has 1 atom stereocenters. The predicted molar refractivity (Wildman–Crippen MR) is 83.5 cm³/mol. The quantitative estimate of drug-likeness (QED) is 0.885. The van der Waals surface area contributed by atoms with Gasteiger partial charge in [-0.1, -0.05) is 0 Å². The first kappa shape index (κ1) is 15.5. The second-order valence-corrected chi connectivity index (χ2v) is 7.11. The molecule has 0 aliphatic carbocycles. The standard InChI is InChI=1S/C16H26N4O2/c1-13-11-19(12-15(2,3)22-13)14(21)16(5-8-17-9-6-16)20-10-4-7-18-20/h4,7,10,13,17H,5-6,8-9,11-12H2,1-3H3. The molecule has 1 aromatic rings. The van der Waals surface area contributed by atoms with Gasteiger partial charge in [-0.25, -0.2) is 0 Å². The molecular formula is C16H26N4O2. The van der Waals surface area contributed by atoms with Crippen LogP contribution in [0.2, 0.25) is 0 Å². The second-order valence-electron chi connectivity index (χ2n) is 7.11. The highest BCUT2D eigenvalue weighted by atomic mass is 16.5. The van der Waals surface area contributed by atoms with E-state index in [1.54, 1.807) is 6.20 Å². The summed E-state index contributed by atoms with van der Waals surface area (Å²) in [5.74, 6) is 0.181. The molecule has 22 heavy (non-hydrogen) atoms. The van der Waals surface area contributed by atoms with Crippen LogP contribution in [0.25, 0.3) is 0 Å². The summed E-state index contributed by atoms with van der Waals surface area (Å²) in [5.41, 5.74) is -0.854. The zero-order valence-electron chi connectivity index (χ0n) is 13.7. The van der Waals surface area contributed by atoms with Gasteiger partial charge in [0.2, 0.25) is 0 Å². The molecule has 1 unspecified atom stereocenters. The van der Waals surface area contributed by atoms with Gasteiger partial charge in [0.1, 0.15) is 5.54 Å². The van der Waals surface area contributed by atoms with Gasteiger partial charge >= 0.3 is 0 Å². The Morgan fingerprint density at radius 3 is 2.68 bits per heavy atom. The Morgan fingerprint density at radius 2 is 2.09 bits per heavy atom. The summed E-state index contributed by atoms with van der Waals surface area (Å²) in [6.45, 7) is 9.09. The predicted octanol–water partition coefficient (Wildman–Crippen LogP) is 0.988. The molecule has 2 saturated heterocycles. The van der Waals surface area contributed by atoms with Crippen LogP contribution in [-0.2, 0) is 15.1 Å². The molecule has 0 bridgehead atoms. The number of morpholine rings is 1. The largest absolute Gasteiger partial charge is 0.369 e. The van der Waals surface area contributed by atoms with E-state index in [0.29, 0.717) is 13.1 Å². The van der Waals surface area contributed by atoms with Crippen molar-refractivity contribution in [2.75, 3.05) is 26.2 Å². The Labute approximate surface area is 131 Å². The normalized spacial score (nSPS) is 27.6. The molecule has 1 amide bonds. The molecule has 1 N–H and O–H groups in total. The molecule has 2 aliphatic rings. The maximum atomic E-state index is 13.4. The monoisotopic (exact) mass is 306 g/mol. The van der Waals surface area contributed by atoms with Gasteiger partial charge in [-0.05, 0) is 52.8 Å². The lowest BCUT2D eigenvalue weighted by molar-refractivity contribution is -0.167. The van der Waals surface area contributed by atoms with E-state index in [2.05, 4.69) is 10.4 Å². The number of piperidine rings is 1. The molecule has 6 heteroatoms. The summed E-state index contributed by atoms with van der Waals surface area (Å²) >= 11 is 0. The first-order valence-electron chi connectivity index (χ1n) is 8.11. The molecule has 0 radical (unpaired) electrons. The molecular weight excluding hydrogens is 280 g/mol. The van der Waals surface area contributed by atoms with E-state index in [-0.39, 0.29) is 17.6 Å². The van der Waals surface area contributed by atoms with E-state index in [4.69, 9.17) is 4.74 Å². The Balaban J connectivity index is 1.90. The molecule has 0 saturated carbocycles. The lowest BCUT2D eigenvalue weighted by Gasteiger charge is -2.46. The molecule has 2 aliphatic heterocycles. The fraction of sp³-hybridized carbons (Fsp3) is 0.750. The molecule has 1 aromatic heterocycles. The Morgan fingerprint density at radius 1 is 1.36 bits per heavy atom. The first-order chi connectivity index (χ1) is 10.4. The van der Waals surface area contributed by atoms with E-state index in [1.165, 1.54) is 0 Å². The summed E-state index contributed by atoms with van der Waals surface area (Å²) in [6, 6.07) is 1.89. The van der Waals surface area contributed by atoms with Crippen LogP contribution in [-0.4, -0.2) is 58.5 Å². The van der Waals surface area contributed by atoms with Crippen molar-refractivity contribution < 1.29 is 9.53 Å². The number of carbonyl (C=O) groups excluding carboxylic acids is 1.